The van der Waals surface area contributed by atoms with Crippen LogP contribution in [0, 0.1) is 5.41 Å². The lowest BCUT2D eigenvalue weighted by molar-refractivity contribution is -0.169. The summed E-state index contributed by atoms with van der Waals surface area (Å²) in [5.74, 6) is 0. The molecular weight excluding hydrogens is 248 g/mol. The largest absolute Gasteiger partial charge is 0.355 e. The molecule has 0 fully saturated rings. The summed E-state index contributed by atoms with van der Waals surface area (Å²) >= 11 is 1.73. The standard InChI is InChI=1S/C13H20N2O2S/c1-13(2,12(16-3)17-4)6-5-10-11-15(9-14-10)7-8-18-11/h7-9,12H,5-6H2,1-4H3. The lowest BCUT2D eigenvalue weighted by Gasteiger charge is -2.31. The van der Waals surface area contributed by atoms with Gasteiger partial charge in [-0.1, -0.05) is 13.8 Å². The SMILES string of the molecule is COC(OC)C(C)(C)CCc1ncn2ccsc12. The summed E-state index contributed by atoms with van der Waals surface area (Å²) in [6.45, 7) is 4.32. The molecule has 0 atom stereocenters. The van der Waals surface area contributed by atoms with Gasteiger partial charge in [0.25, 0.3) is 0 Å². The number of thiazole rings is 1. The number of nitrogens with zero attached hydrogens (tertiary/aromatic N) is 2. The molecule has 2 heterocycles. The van der Waals surface area contributed by atoms with Gasteiger partial charge in [-0.25, -0.2) is 4.98 Å². The van der Waals surface area contributed by atoms with Crippen molar-refractivity contribution in [3.05, 3.63) is 23.6 Å². The molecule has 0 spiro atoms. The fraction of sp³-hybridized carbons (Fsp3) is 0.615. The molecule has 2 rings (SSSR count). The van der Waals surface area contributed by atoms with Gasteiger partial charge in [0.15, 0.2) is 6.29 Å². The second-order valence-electron chi connectivity index (χ2n) is 5.10. The summed E-state index contributed by atoms with van der Waals surface area (Å²) in [7, 11) is 3.37. The van der Waals surface area contributed by atoms with Gasteiger partial charge < -0.3 is 9.47 Å². The zero-order valence-corrected chi connectivity index (χ0v) is 12.2. The third kappa shape index (κ3) is 2.58. The van der Waals surface area contributed by atoms with E-state index in [2.05, 4.69) is 28.6 Å². The van der Waals surface area contributed by atoms with Crippen LogP contribution in [-0.2, 0) is 15.9 Å². The van der Waals surface area contributed by atoms with Crippen LogP contribution < -0.4 is 0 Å². The van der Waals surface area contributed by atoms with Crippen molar-refractivity contribution in [2.75, 3.05) is 14.2 Å². The molecule has 0 saturated carbocycles. The molecule has 2 aromatic rings. The van der Waals surface area contributed by atoms with Crippen molar-refractivity contribution < 1.29 is 9.47 Å². The lowest BCUT2D eigenvalue weighted by atomic mass is 9.86. The highest BCUT2D eigenvalue weighted by Gasteiger charge is 2.29. The van der Waals surface area contributed by atoms with E-state index in [0.29, 0.717) is 0 Å². The Morgan fingerprint density at radius 3 is 2.78 bits per heavy atom. The van der Waals surface area contributed by atoms with E-state index in [4.69, 9.17) is 9.47 Å². The van der Waals surface area contributed by atoms with Crippen molar-refractivity contribution in [1.29, 1.82) is 0 Å². The molecule has 100 valence electrons. The van der Waals surface area contributed by atoms with E-state index in [1.807, 2.05) is 12.5 Å². The third-order valence-electron chi connectivity index (χ3n) is 3.29. The number of imidazole rings is 1. The number of fused-ring (bicyclic) bond motifs is 1. The van der Waals surface area contributed by atoms with Crippen molar-refractivity contribution in [2.24, 2.45) is 5.41 Å². The van der Waals surface area contributed by atoms with E-state index in [1.54, 1.807) is 25.6 Å². The van der Waals surface area contributed by atoms with Crippen LogP contribution in [0.3, 0.4) is 0 Å². The molecule has 0 aliphatic heterocycles. The fourth-order valence-electron chi connectivity index (χ4n) is 2.25. The van der Waals surface area contributed by atoms with Gasteiger partial charge in [0.05, 0.1) is 5.69 Å². The molecule has 0 radical (unpaired) electrons. The monoisotopic (exact) mass is 268 g/mol. The number of hydrogen-bond acceptors (Lipinski definition) is 4. The van der Waals surface area contributed by atoms with Gasteiger partial charge in [-0.2, -0.15) is 0 Å². The Morgan fingerprint density at radius 1 is 1.39 bits per heavy atom. The van der Waals surface area contributed by atoms with E-state index in [1.165, 1.54) is 4.83 Å². The maximum atomic E-state index is 5.36. The fourth-order valence-corrected chi connectivity index (χ4v) is 3.09. The van der Waals surface area contributed by atoms with Crippen molar-refractivity contribution in [3.8, 4) is 0 Å². The van der Waals surface area contributed by atoms with Gasteiger partial charge in [0, 0.05) is 31.2 Å². The molecule has 0 bridgehead atoms. The lowest BCUT2D eigenvalue weighted by Crippen LogP contribution is -2.33. The highest BCUT2D eigenvalue weighted by Crippen LogP contribution is 2.30. The zero-order valence-electron chi connectivity index (χ0n) is 11.3. The highest BCUT2D eigenvalue weighted by atomic mass is 32.1. The first kappa shape index (κ1) is 13.5. The molecule has 0 unspecified atom stereocenters. The van der Waals surface area contributed by atoms with Crippen molar-refractivity contribution in [1.82, 2.24) is 9.38 Å². The van der Waals surface area contributed by atoms with Crippen LogP contribution in [0.1, 0.15) is 26.0 Å². The molecule has 0 aliphatic rings. The minimum Gasteiger partial charge on any atom is -0.355 e. The van der Waals surface area contributed by atoms with Crippen molar-refractivity contribution >= 4 is 16.2 Å². The van der Waals surface area contributed by atoms with E-state index < -0.39 is 0 Å². The Balaban J connectivity index is 2.05. The van der Waals surface area contributed by atoms with E-state index in [0.717, 1.165) is 18.5 Å². The molecule has 0 amide bonds. The van der Waals surface area contributed by atoms with E-state index >= 15 is 0 Å². The summed E-state index contributed by atoms with van der Waals surface area (Å²) in [5.41, 5.74) is 1.13. The predicted octanol–water partition coefficient (Wildman–Crippen LogP) is 2.97. The summed E-state index contributed by atoms with van der Waals surface area (Å²) in [6, 6.07) is 0. The summed E-state index contributed by atoms with van der Waals surface area (Å²) in [5, 5.41) is 2.08. The first-order chi connectivity index (χ1) is 8.58. The van der Waals surface area contributed by atoms with Gasteiger partial charge in [-0.3, -0.25) is 4.40 Å². The normalized spacial score (nSPS) is 12.7. The summed E-state index contributed by atoms with van der Waals surface area (Å²) in [4.78, 5) is 5.69. The number of ether oxygens (including phenoxy) is 2. The minimum atomic E-state index is -0.182. The molecule has 18 heavy (non-hydrogen) atoms. The third-order valence-corrected chi connectivity index (χ3v) is 4.22. The van der Waals surface area contributed by atoms with Crippen LogP contribution >= 0.6 is 11.3 Å². The average Bonchev–Trinajstić information content (AvgIpc) is 2.90. The van der Waals surface area contributed by atoms with Gasteiger partial charge in [0.2, 0.25) is 0 Å². The maximum absolute atomic E-state index is 5.36. The molecular formula is C13H20N2O2S. The molecule has 0 N–H and O–H groups in total. The van der Waals surface area contributed by atoms with Crippen LogP contribution in [0.25, 0.3) is 4.83 Å². The number of methoxy groups -OCH3 is 2. The summed E-state index contributed by atoms with van der Waals surface area (Å²) in [6.07, 6.45) is 5.64. The first-order valence-electron chi connectivity index (χ1n) is 6.03. The molecule has 4 nitrogen and oxygen atoms in total. The Hall–Kier alpha value is -0.910. The molecule has 0 aliphatic carbocycles. The Morgan fingerprint density at radius 2 is 2.11 bits per heavy atom. The zero-order chi connectivity index (χ0) is 13.2. The molecule has 5 heteroatoms. The van der Waals surface area contributed by atoms with Gasteiger partial charge in [-0.15, -0.1) is 11.3 Å². The van der Waals surface area contributed by atoms with Crippen LogP contribution in [0.5, 0.6) is 0 Å². The Labute approximate surface area is 112 Å². The Bertz CT molecular complexity index is 500. The number of aryl methyl sites for hydroxylation is 1. The van der Waals surface area contributed by atoms with Crippen LogP contribution in [0.2, 0.25) is 0 Å². The predicted molar refractivity (Wildman–Crippen MR) is 73.0 cm³/mol. The van der Waals surface area contributed by atoms with Gasteiger partial charge in [0.1, 0.15) is 11.2 Å². The minimum absolute atomic E-state index is 0.0311. The molecule has 0 aromatic carbocycles. The molecule has 2 aromatic heterocycles. The van der Waals surface area contributed by atoms with Crippen LogP contribution in [0.15, 0.2) is 17.9 Å². The van der Waals surface area contributed by atoms with Crippen molar-refractivity contribution in [2.45, 2.75) is 33.0 Å². The second kappa shape index (κ2) is 5.38. The smallest absolute Gasteiger partial charge is 0.161 e. The first-order valence-corrected chi connectivity index (χ1v) is 6.91. The summed E-state index contributed by atoms with van der Waals surface area (Å²) < 4.78 is 12.8. The number of hydrogen-bond donors (Lipinski definition) is 0. The average molecular weight is 268 g/mol. The van der Waals surface area contributed by atoms with Gasteiger partial charge >= 0.3 is 0 Å². The van der Waals surface area contributed by atoms with Crippen LogP contribution in [-0.4, -0.2) is 29.9 Å². The second-order valence-corrected chi connectivity index (χ2v) is 5.99. The van der Waals surface area contributed by atoms with E-state index in [-0.39, 0.29) is 11.7 Å². The van der Waals surface area contributed by atoms with Crippen LogP contribution in [0.4, 0.5) is 0 Å². The van der Waals surface area contributed by atoms with E-state index in [9.17, 15) is 0 Å². The maximum Gasteiger partial charge on any atom is 0.161 e. The number of aromatic nitrogens is 2. The quantitative estimate of drug-likeness (QED) is 0.756. The Kier molecular flexibility index (Phi) is 4.04. The highest BCUT2D eigenvalue weighted by molar-refractivity contribution is 7.15. The van der Waals surface area contributed by atoms with Gasteiger partial charge in [-0.05, 0) is 12.8 Å². The van der Waals surface area contributed by atoms with Crippen molar-refractivity contribution in [3.63, 3.8) is 0 Å². The molecule has 0 saturated heterocycles. The number of rotatable bonds is 6. The topological polar surface area (TPSA) is 35.8 Å².